The molecule has 4 rings (SSSR count). The van der Waals surface area contributed by atoms with Crippen LogP contribution in [-0.2, 0) is 13.2 Å². The maximum Gasteiger partial charge on any atom is 0.271 e. The smallest absolute Gasteiger partial charge is 0.271 e. The first-order valence-corrected chi connectivity index (χ1v) is 11.9. The highest BCUT2D eigenvalue weighted by Crippen LogP contribution is 2.19. The molecule has 0 fully saturated rings. The highest BCUT2D eigenvalue weighted by Gasteiger charge is 2.06. The minimum Gasteiger partial charge on any atom is -0.489 e. The molecule has 0 saturated heterocycles. The molecular weight excluding hydrogens is 504 g/mol. The number of carbonyl (C=O) groups excluding carboxylic acids is 1. The van der Waals surface area contributed by atoms with Crippen molar-refractivity contribution in [3.05, 3.63) is 129 Å². The highest BCUT2D eigenvalue weighted by molar-refractivity contribution is 9.10. The van der Waals surface area contributed by atoms with E-state index in [-0.39, 0.29) is 5.91 Å². The van der Waals surface area contributed by atoms with Gasteiger partial charge in [-0.25, -0.2) is 5.43 Å². The number of hydrogen-bond donors (Lipinski definition) is 1. The van der Waals surface area contributed by atoms with Gasteiger partial charge in [0.25, 0.3) is 5.91 Å². The number of hydrazone groups is 1. The lowest BCUT2D eigenvalue weighted by molar-refractivity contribution is 0.0955. The number of nitrogens with zero attached hydrogens (tertiary/aromatic N) is 1. The number of amides is 1. The molecule has 4 aromatic rings. The van der Waals surface area contributed by atoms with Crippen molar-refractivity contribution in [3.63, 3.8) is 0 Å². The Morgan fingerprint density at radius 3 is 2.17 bits per heavy atom. The molecule has 1 amide bonds. The number of para-hydroxylation sites is 1. The number of rotatable bonds is 9. The highest BCUT2D eigenvalue weighted by atomic mass is 79.9. The van der Waals surface area contributed by atoms with Crippen LogP contribution in [0.5, 0.6) is 11.5 Å². The summed E-state index contributed by atoms with van der Waals surface area (Å²) in [7, 11) is 0. The van der Waals surface area contributed by atoms with E-state index in [0.29, 0.717) is 30.3 Å². The molecule has 5 nitrogen and oxygen atoms in total. The van der Waals surface area contributed by atoms with Crippen molar-refractivity contribution in [3.8, 4) is 11.5 Å². The Bertz CT molecular complexity index is 1290. The summed E-state index contributed by atoms with van der Waals surface area (Å²) >= 11 is 3.43. The number of nitrogens with one attached hydrogen (secondary N) is 1. The van der Waals surface area contributed by atoms with E-state index in [0.717, 1.165) is 21.2 Å². The largest absolute Gasteiger partial charge is 0.489 e. The number of halogens is 1. The molecule has 0 spiro atoms. The van der Waals surface area contributed by atoms with E-state index in [1.54, 1.807) is 30.5 Å². The van der Waals surface area contributed by atoms with Crippen LogP contribution in [0.1, 0.15) is 32.6 Å². The van der Waals surface area contributed by atoms with Crippen LogP contribution >= 0.6 is 15.9 Å². The summed E-state index contributed by atoms with van der Waals surface area (Å²) in [6.45, 7) is 2.96. The molecule has 6 heteroatoms. The molecule has 0 saturated carbocycles. The van der Waals surface area contributed by atoms with Crippen molar-refractivity contribution in [1.82, 2.24) is 5.43 Å². The summed E-state index contributed by atoms with van der Waals surface area (Å²) in [4.78, 5) is 12.5. The Labute approximate surface area is 213 Å². The van der Waals surface area contributed by atoms with Gasteiger partial charge in [-0.2, -0.15) is 5.10 Å². The average Bonchev–Trinajstić information content (AvgIpc) is 2.89. The molecule has 0 aliphatic carbocycles. The first-order chi connectivity index (χ1) is 17.1. The van der Waals surface area contributed by atoms with E-state index in [9.17, 15) is 4.79 Å². The molecule has 0 aliphatic heterocycles. The second-order valence-electron chi connectivity index (χ2n) is 7.95. The maximum atomic E-state index is 12.5. The van der Waals surface area contributed by atoms with Crippen LogP contribution in [0.2, 0.25) is 0 Å². The molecule has 0 bridgehead atoms. The van der Waals surface area contributed by atoms with Crippen molar-refractivity contribution in [2.75, 3.05) is 0 Å². The van der Waals surface area contributed by atoms with Gasteiger partial charge in [-0.1, -0.05) is 70.0 Å². The molecule has 176 valence electrons. The standard InChI is InChI=1S/C29H25BrN2O3/c1-21-6-8-22(9-7-21)19-34-27-16-12-24(13-17-27)29(33)32-31-18-25-4-2-3-5-28(25)35-20-23-10-14-26(30)15-11-23/h2-18H,19-20H2,1H3,(H,32,33)/b31-18+. The third-order valence-electron chi connectivity index (χ3n) is 5.24. The van der Waals surface area contributed by atoms with Gasteiger partial charge in [-0.05, 0) is 66.6 Å². The number of aryl methyl sites for hydroxylation is 1. The molecule has 0 aliphatic rings. The first-order valence-electron chi connectivity index (χ1n) is 11.1. The summed E-state index contributed by atoms with van der Waals surface area (Å²) in [5.41, 5.74) is 7.18. The van der Waals surface area contributed by atoms with Gasteiger partial charge < -0.3 is 9.47 Å². The average molecular weight is 529 g/mol. The fourth-order valence-electron chi connectivity index (χ4n) is 3.24. The van der Waals surface area contributed by atoms with Crippen LogP contribution in [0.4, 0.5) is 0 Å². The molecule has 0 aromatic heterocycles. The van der Waals surface area contributed by atoms with Crippen molar-refractivity contribution in [2.24, 2.45) is 5.10 Å². The molecule has 4 aromatic carbocycles. The Balaban J connectivity index is 1.30. The lowest BCUT2D eigenvalue weighted by atomic mass is 10.2. The number of carbonyl (C=O) groups is 1. The second-order valence-corrected chi connectivity index (χ2v) is 8.87. The Morgan fingerprint density at radius 1 is 0.829 bits per heavy atom. The predicted molar refractivity (Wildman–Crippen MR) is 142 cm³/mol. The molecular formula is C29H25BrN2O3. The number of ether oxygens (including phenoxy) is 2. The van der Waals surface area contributed by atoms with Crippen LogP contribution in [0.25, 0.3) is 0 Å². The molecule has 0 radical (unpaired) electrons. The Hall–Kier alpha value is -3.90. The zero-order valence-electron chi connectivity index (χ0n) is 19.3. The summed E-state index contributed by atoms with van der Waals surface area (Å²) in [5, 5.41) is 4.11. The zero-order valence-corrected chi connectivity index (χ0v) is 20.9. The van der Waals surface area contributed by atoms with E-state index in [1.807, 2.05) is 60.7 Å². The van der Waals surface area contributed by atoms with Gasteiger partial charge in [-0.3, -0.25) is 4.79 Å². The van der Waals surface area contributed by atoms with Crippen molar-refractivity contribution in [2.45, 2.75) is 20.1 Å². The fraction of sp³-hybridized carbons (Fsp3) is 0.103. The van der Waals surface area contributed by atoms with E-state index < -0.39 is 0 Å². The number of hydrogen-bond acceptors (Lipinski definition) is 4. The fourth-order valence-corrected chi connectivity index (χ4v) is 3.50. The Kier molecular flexibility index (Phi) is 8.30. The first kappa shape index (κ1) is 24.2. The van der Waals surface area contributed by atoms with Gasteiger partial charge >= 0.3 is 0 Å². The third kappa shape index (κ3) is 7.29. The molecule has 0 heterocycles. The van der Waals surface area contributed by atoms with Crippen LogP contribution in [0.3, 0.4) is 0 Å². The zero-order chi connectivity index (χ0) is 24.5. The van der Waals surface area contributed by atoms with Gasteiger partial charge in [0.05, 0.1) is 6.21 Å². The molecule has 0 atom stereocenters. The minimum absolute atomic E-state index is 0.306. The third-order valence-corrected chi connectivity index (χ3v) is 5.77. The molecule has 35 heavy (non-hydrogen) atoms. The molecule has 1 N–H and O–H groups in total. The van der Waals surface area contributed by atoms with Gasteiger partial charge in [0.15, 0.2) is 0 Å². The van der Waals surface area contributed by atoms with Gasteiger partial charge in [0.2, 0.25) is 0 Å². The van der Waals surface area contributed by atoms with Gasteiger partial charge in [0.1, 0.15) is 24.7 Å². The summed E-state index contributed by atoms with van der Waals surface area (Å²) in [6, 6.07) is 30.7. The lowest BCUT2D eigenvalue weighted by Gasteiger charge is -2.09. The van der Waals surface area contributed by atoms with Crippen LogP contribution in [0, 0.1) is 6.92 Å². The summed E-state index contributed by atoms with van der Waals surface area (Å²) in [6.07, 6.45) is 1.58. The normalized spacial score (nSPS) is 10.8. The lowest BCUT2D eigenvalue weighted by Crippen LogP contribution is -2.17. The SMILES string of the molecule is Cc1ccc(COc2ccc(C(=O)N/N=C/c3ccccc3OCc3ccc(Br)cc3)cc2)cc1. The van der Waals surface area contributed by atoms with Crippen LogP contribution in [0.15, 0.2) is 107 Å². The van der Waals surface area contributed by atoms with E-state index in [2.05, 4.69) is 45.5 Å². The molecule has 0 unspecified atom stereocenters. The van der Waals surface area contributed by atoms with Crippen molar-refractivity contribution < 1.29 is 14.3 Å². The monoisotopic (exact) mass is 528 g/mol. The predicted octanol–water partition coefficient (Wildman–Crippen LogP) is 6.68. The van der Waals surface area contributed by atoms with Gasteiger partial charge in [-0.15, -0.1) is 0 Å². The van der Waals surface area contributed by atoms with Crippen LogP contribution < -0.4 is 14.9 Å². The van der Waals surface area contributed by atoms with E-state index in [4.69, 9.17) is 9.47 Å². The Morgan fingerprint density at radius 2 is 1.46 bits per heavy atom. The quantitative estimate of drug-likeness (QED) is 0.194. The van der Waals surface area contributed by atoms with Crippen molar-refractivity contribution in [1.29, 1.82) is 0 Å². The maximum absolute atomic E-state index is 12.5. The van der Waals surface area contributed by atoms with E-state index >= 15 is 0 Å². The van der Waals surface area contributed by atoms with Crippen molar-refractivity contribution >= 4 is 28.1 Å². The topological polar surface area (TPSA) is 59.9 Å². The van der Waals surface area contributed by atoms with Gasteiger partial charge in [0, 0.05) is 15.6 Å². The summed E-state index contributed by atoms with van der Waals surface area (Å²) in [5.74, 6) is 1.07. The van der Waals surface area contributed by atoms with E-state index in [1.165, 1.54) is 5.56 Å². The second kappa shape index (κ2) is 12.0. The van der Waals surface area contributed by atoms with Crippen LogP contribution in [-0.4, -0.2) is 12.1 Å². The number of benzene rings is 4. The summed E-state index contributed by atoms with van der Waals surface area (Å²) < 4.78 is 12.8. The minimum atomic E-state index is -0.306.